The normalized spacial score (nSPS) is 15.0. The lowest BCUT2D eigenvalue weighted by Gasteiger charge is -2.32. The minimum Gasteiger partial charge on any atom is -0.355 e. The van der Waals surface area contributed by atoms with Gasteiger partial charge in [-0.05, 0) is 36.1 Å². The van der Waals surface area contributed by atoms with Gasteiger partial charge in [-0.15, -0.1) is 11.3 Å². The molecule has 0 aliphatic carbocycles. The van der Waals surface area contributed by atoms with E-state index in [9.17, 15) is 0 Å². The molecule has 0 fully saturated rings. The maximum Gasteiger partial charge on any atom is 0.160 e. The Kier molecular flexibility index (Phi) is 6.04. The van der Waals surface area contributed by atoms with Crippen molar-refractivity contribution >= 4 is 33.9 Å². The second kappa shape index (κ2) is 8.86. The third kappa shape index (κ3) is 4.24. The zero-order chi connectivity index (χ0) is 20.2. The number of amidine groups is 1. The van der Waals surface area contributed by atoms with Crippen LogP contribution >= 0.6 is 23.1 Å². The zero-order valence-corrected chi connectivity index (χ0v) is 18.4. The van der Waals surface area contributed by atoms with Crippen LogP contribution in [0.5, 0.6) is 0 Å². The highest BCUT2D eigenvalue weighted by Gasteiger charge is 2.28. The summed E-state index contributed by atoms with van der Waals surface area (Å²) in [4.78, 5) is 9.70. The third-order valence-electron chi connectivity index (χ3n) is 4.69. The molecule has 6 heteroatoms. The number of hydrogen-bond donors (Lipinski definition) is 1. The lowest BCUT2D eigenvalue weighted by atomic mass is 10.2. The number of aliphatic imine (C=N–C) groups is 1. The number of rotatable bonds is 5. The van der Waals surface area contributed by atoms with Crippen molar-refractivity contribution in [2.75, 3.05) is 19.1 Å². The van der Waals surface area contributed by atoms with Gasteiger partial charge in [0.05, 0.1) is 5.56 Å². The third-order valence-corrected chi connectivity index (χ3v) is 6.58. The van der Waals surface area contributed by atoms with Gasteiger partial charge in [-0.25, -0.2) is 15.4 Å². The summed E-state index contributed by atoms with van der Waals surface area (Å²) in [6, 6.07) is 23.1. The average Bonchev–Trinajstić information content (AvgIpc) is 3.23. The fourth-order valence-corrected chi connectivity index (χ4v) is 5.11. The van der Waals surface area contributed by atoms with Crippen molar-refractivity contribution in [3.8, 4) is 0 Å². The molecule has 0 atom stereocenters. The SMILES string of the molecule is CNN1/C(=C(\C)Sc2ccccc2)N=C(N(C)Cc2ccccc2)c2ccsc21. The minimum atomic E-state index is 0.812. The van der Waals surface area contributed by atoms with E-state index >= 15 is 0 Å². The quantitative estimate of drug-likeness (QED) is 0.547. The molecule has 4 nitrogen and oxygen atoms in total. The predicted molar refractivity (Wildman–Crippen MR) is 125 cm³/mol. The number of nitrogens with one attached hydrogen (secondary N) is 1. The molecule has 1 aromatic heterocycles. The van der Waals surface area contributed by atoms with Crippen LogP contribution in [0.3, 0.4) is 0 Å². The van der Waals surface area contributed by atoms with Crippen molar-refractivity contribution in [3.05, 3.63) is 94.0 Å². The van der Waals surface area contributed by atoms with Crippen molar-refractivity contribution in [1.82, 2.24) is 10.3 Å². The van der Waals surface area contributed by atoms with Crippen LogP contribution in [-0.4, -0.2) is 24.8 Å². The smallest absolute Gasteiger partial charge is 0.160 e. The number of nitrogens with zero attached hydrogens (tertiary/aromatic N) is 3. The van der Waals surface area contributed by atoms with Gasteiger partial charge in [0.1, 0.15) is 10.8 Å². The largest absolute Gasteiger partial charge is 0.355 e. The second-order valence-electron chi connectivity index (χ2n) is 6.77. The van der Waals surface area contributed by atoms with Crippen LogP contribution in [-0.2, 0) is 6.54 Å². The van der Waals surface area contributed by atoms with E-state index in [4.69, 9.17) is 4.99 Å². The molecule has 0 spiro atoms. The molecular weight excluding hydrogens is 396 g/mol. The Bertz CT molecular complexity index is 1030. The number of fused-ring (bicyclic) bond motifs is 1. The van der Waals surface area contributed by atoms with E-state index in [0.717, 1.165) is 28.7 Å². The summed E-state index contributed by atoms with van der Waals surface area (Å²) in [5, 5.41) is 5.38. The van der Waals surface area contributed by atoms with Crippen LogP contribution in [0.15, 0.2) is 92.7 Å². The van der Waals surface area contributed by atoms with E-state index in [1.54, 1.807) is 23.1 Å². The first-order valence-corrected chi connectivity index (χ1v) is 11.2. The van der Waals surface area contributed by atoms with Crippen LogP contribution in [0.2, 0.25) is 0 Å². The Morgan fingerprint density at radius 2 is 1.76 bits per heavy atom. The summed E-state index contributed by atoms with van der Waals surface area (Å²) < 4.78 is 0. The molecule has 2 aromatic carbocycles. The number of thioether (sulfide) groups is 1. The van der Waals surface area contributed by atoms with Gasteiger partial charge < -0.3 is 4.90 Å². The van der Waals surface area contributed by atoms with Crippen LogP contribution < -0.4 is 10.4 Å². The van der Waals surface area contributed by atoms with Gasteiger partial charge in [0, 0.05) is 30.4 Å². The standard InChI is InChI=1S/C23H24N4S2/c1-17(29-19-12-8-5-9-13-19)21-25-22(20-14-15-28-23(20)27(21)24-2)26(3)16-18-10-6-4-7-11-18/h4-15,24H,16H2,1-3H3/b21-17+. The van der Waals surface area contributed by atoms with Crippen molar-refractivity contribution < 1.29 is 0 Å². The molecule has 3 aromatic rings. The van der Waals surface area contributed by atoms with Crippen LogP contribution in [0.25, 0.3) is 0 Å². The molecule has 0 amide bonds. The molecule has 29 heavy (non-hydrogen) atoms. The van der Waals surface area contributed by atoms with Crippen molar-refractivity contribution in [1.29, 1.82) is 0 Å². The summed E-state index contributed by atoms with van der Waals surface area (Å²) in [6.07, 6.45) is 0. The van der Waals surface area contributed by atoms with Gasteiger partial charge in [0.15, 0.2) is 5.82 Å². The van der Waals surface area contributed by atoms with E-state index in [1.165, 1.54) is 15.5 Å². The Balaban J connectivity index is 1.72. The maximum absolute atomic E-state index is 5.11. The molecule has 0 radical (unpaired) electrons. The summed E-state index contributed by atoms with van der Waals surface area (Å²) in [7, 11) is 4.05. The second-order valence-corrected chi connectivity index (χ2v) is 8.95. The predicted octanol–water partition coefficient (Wildman–Crippen LogP) is 5.56. The van der Waals surface area contributed by atoms with E-state index in [1.807, 2.05) is 13.1 Å². The van der Waals surface area contributed by atoms with Crippen LogP contribution in [0.1, 0.15) is 18.1 Å². The van der Waals surface area contributed by atoms with Crippen molar-refractivity contribution in [2.24, 2.45) is 4.99 Å². The lowest BCUT2D eigenvalue weighted by Crippen LogP contribution is -2.40. The van der Waals surface area contributed by atoms with Gasteiger partial charge in [0.2, 0.25) is 0 Å². The van der Waals surface area contributed by atoms with E-state index < -0.39 is 0 Å². The van der Waals surface area contributed by atoms with E-state index in [0.29, 0.717) is 0 Å². The first-order chi connectivity index (χ1) is 14.2. The van der Waals surface area contributed by atoms with Gasteiger partial charge in [-0.3, -0.25) is 0 Å². The first-order valence-electron chi connectivity index (χ1n) is 9.50. The van der Waals surface area contributed by atoms with Crippen LogP contribution in [0, 0.1) is 0 Å². The molecular formula is C23H24N4S2. The highest BCUT2D eigenvalue weighted by molar-refractivity contribution is 8.03. The Morgan fingerprint density at radius 1 is 1.07 bits per heavy atom. The summed E-state index contributed by atoms with van der Waals surface area (Å²) >= 11 is 3.47. The lowest BCUT2D eigenvalue weighted by molar-refractivity contribution is 0.498. The number of benzene rings is 2. The highest BCUT2D eigenvalue weighted by Crippen LogP contribution is 2.39. The van der Waals surface area contributed by atoms with E-state index in [-0.39, 0.29) is 0 Å². The fraction of sp³-hybridized carbons (Fsp3) is 0.174. The zero-order valence-electron chi connectivity index (χ0n) is 16.8. The highest BCUT2D eigenvalue weighted by atomic mass is 32.2. The van der Waals surface area contributed by atoms with Crippen LogP contribution in [0.4, 0.5) is 5.00 Å². The molecule has 1 aliphatic heterocycles. The number of anilines is 1. The molecule has 2 heterocycles. The Morgan fingerprint density at radius 3 is 2.45 bits per heavy atom. The molecule has 4 rings (SSSR count). The average molecular weight is 421 g/mol. The van der Waals surface area contributed by atoms with Gasteiger partial charge in [-0.1, -0.05) is 60.3 Å². The molecule has 1 aliphatic rings. The fourth-order valence-electron chi connectivity index (χ4n) is 3.33. The van der Waals surface area contributed by atoms with E-state index in [2.05, 4.69) is 95.3 Å². The number of hydrazine groups is 1. The molecule has 0 unspecified atom stereocenters. The first kappa shape index (κ1) is 19.8. The monoisotopic (exact) mass is 420 g/mol. The molecule has 0 bridgehead atoms. The molecule has 0 saturated heterocycles. The number of thiophene rings is 1. The van der Waals surface area contributed by atoms with Gasteiger partial charge in [0.25, 0.3) is 0 Å². The topological polar surface area (TPSA) is 30.9 Å². The number of hydrogen-bond acceptors (Lipinski definition) is 6. The summed E-state index contributed by atoms with van der Waals surface area (Å²) in [5.74, 6) is 1.94. The van der Waals surface area contributed by atoms with Gasteiger partial charge in [-0.2, -0.15) is 0 Å². The summed E-state index contributed by atoms with van der Waals surface area (Å²) in [6.45, 7) is 2.95. The molecule has 1 N–H and O–H groups in total. The van der Waals surface area contributed by atoms with Crippen molar-refractivity contribution in [3.63, 3.8) is 0 Å². The Labute approximate surface area is 180 Å². The maximum atomic E-state index is 5.11. The minimum absolute atomic E-state index is 0.812. The Hall–Kier alpha value is -2.54. The molecule has 148 valence electrons. The van der Waals surface area contributed by atoms with Crippen molar-refractivity contribution in [2.45, 2.75) is 18.4 Å². The molecule has 0 saturated carbocycles. The number of allylic oxidation sites excluding steroid dienone is 1. The van der Waals surface area contributed by atoms with Gasteiger partial charge >= 0.3 is 0 Å². The summed E-state index contributed by atoms with van der Waals surface area (Å²) in [5.41, 5.74) is 5.75.